The minimum absolute atomic E-state index is 0.0230. The highest BCUT2D eigenvalue weighted by atomic mass is 35.5. The molecule has 1 aromatic carbocycles. The van der Waals surface area contributed by atoms with Crippen LogP contribution in [0.4, 0.5) is 0 Å². The van der Waals surface area contributed by atoms with E-state index in [-0.39, 0.29) is 5.91 Å². The van der Waals surface area contributed by atoms with Crippen LogP contribution in [0.3, 0.4) is 0 Å². The van der Waals surface area contributed by atoms with Gasteiger partial charge in [-0.15, -0.1) is 0 Å². The van der Waals surface area contributed by atoms with Gasteiger partial charge < -0.3 is 0 Å². The molecule has 1 aliphatic carbocycles. The maximum atomic E-state index is 11.7. The molecule has 1 heterocycles. The summed E-state index contributed by atoms with van der Waals surface area (Å²) in [7, 11) is 0. The topological polar surface area (TPSA) is 22.0 Å². The van der Waals surface area contributed by atoms with E-state index in [1.807, 2.05) is 12.3 Å². The Morgan fingerprint density at radius 2 is 2.06 bits per heavy atom. The van der Waals surface area contributed by atoms with Crippen molar-refractivity contribution in [3.05, 3.63) is 34.5 Å². The lowest BCUT2D eigenvalue weighted by atomic mass is 9.86. The first-order valence-corrected chi connectivity index (χ1v) is 6.28. The number of carbonyl (C=O) groups is 1. The van der Waals surface area contributed by atoms with E-state index in [1.54, 1.807) is 11.5 Å². The molecule has 88 valence electrons. The molecular formula is C14H14ClNO. The summed E-state index contributed by atoms with van der Waals surface area (Å²) in [4.78, 5) is 11.7. The fraction of sp³-hybridized carbons (Fsp3) is 0.357. The molecule has 0 saturated carbocycles. The van der Waals surface area contributed by atoms with Gasteiger partial charge in [-0.25, -0.2) is 0 Å². The fourth-order valence-corrected chi connectivity index (χ4v) is 3.13. The summed E-state index contributed by atoms with van der Waals surface area (Å²) in [5, 5.41) is 1.87. The van der Waals surface area contributed by atoms with Crippen molar-refractivity contribution >= 4 is 28.4 Å². The second-order valence-corrected chi connectivity index (χ2v) is 5.39. The van der Waals surface area contributed by atoms with Gasteiger partial charge in [-0.05, 0) is 36.0 Å². The Kier molecular flexibility index (Phi) is 2.30. The lowest BCUT2D eigenvalue weighted by Gasteiger charge is -2.18. The number of halogens is 1. The summed E-state index contributed by atoms with van der Waals surface area (Å²) in [6.07, 6.45) is 4.06. The number of benzene rings is 1. The van der Waals surface area contributed by atoms with Crippen LogP contribution in [0.2, 0.25) is 5.02 Å². The summed E-state index contributed by atoms with van der Waals surface area (Å²) in [6, 6.07) is 3.99. The zero-order valence-corrected chi connectivity index (χ0v) is 10.7. The van der Waals surface area contributed by atoms with Crippen LogP contribution in [-0.4, -0.2) is 10.5 Å². The van der Waals surface area contributed by atoms with Crippen LogP contribution in [0, 0.1) is 5.92 Å². The van der Waals surface area contributed by atoms with E-state index in [1.165, 1.54) is 16.5 Å². The lowest BCUT2D eigenvalue weighted by Crippen LogP contribution is -2.09. The Balaban J connectivity index is 2.42. The fourth-order valence-electron chi connectivity index (χ4n) is 2.88. The van der Waals surface area contributed by atoms with E-state index in [2.05, 4.69) is 13.0 Å². The van der Waals surface area contributed by atoms with E-state index in [9.17, 15) is 4.79 Å². The number of carbonyl (C=O) groups excluding carboxylic acids is 1. The van der Waals surface area contributed by atoms with Gasteiger partial charge in [0.2, 0.25) is 5.91 Å². The first-order chi connectivity index (χ1) is 8.08. The monoisotopic (exact) mass is 247 g/mol. The minimum atomic E-state index is 0.0230. The largest absolute Gasteiger partial charge is 0.286 e. The van der Waals surface area contributed by atoms with Gasteiger partial charge in [0, 0.05) is 18.5 Å². The highest BCUT2D eigenvalue weighted by Crippen LogP contribution is 2.37. The van der Waals surface area contributed by atoms with Gasteiger partial charge in [-0.3, -0.25) is 9.36 Å². The van der Waals surface area contributed by atoms with Gasteiger partial charge in [0.15, 0.2) is 0 Å². The van der Waals surface area contributed by atoms with Crippen molar-refractivity contribution in [2.24, 2.45) is 5.92 Å². The van der Waals surface area contributed by atoms with Crippen molar-refractivity contribution in [2.75, 3.05) is 0 Å². The molecule has 17 heavy (non-hydrogen) atoms. The SMILES string of the molecule is CC(=O)n1cc2c3c(ccc(Cl)c31)CC(C)C2. The summed E-state index contributed by atoms with van der Waals surface area (Å²) in [5.74, 6) is 0.657. The van der Waals surface area contributed by atoms with Crippen LogP contribution in [0.25, 0.3) is 10.9 Å². The Hall–Kier alpha value is -1.28. The predicted molar refractivity (Wildman–Crippen MR) is 69.8 cm³/mol. The number of rotatable bonds is 0. The maximum absolute atomic E-state index is 11.7. The Morgan fingerprint density at radius 3 is 2.76 bits per heavy atom. The molecule has 0 radical (unpaired) electrons. The zero-order chi connectivity index (χ0) is 12.2. The Labute approximate surface area is 105 Å². The molecule has 1 atom stereocenters. The van der Waals surface area contributed by atoms with E-state index >= 15 is 0 Å². The standard InChI is InChI=1S/C14H14ClNO/c1-8-5-10-3-4-12(15)14-13(10)11(6-8)7-16(14)9(2)17/h3-4,7-8H,5-6H2,1-2H3. The van der Waals surface area contributed by atoms with E-state index < -0.39 is 0 Å². The van der Waals surface area contributed by atoms with Crippen LogP contribution in [0.5, 0.6) is 0 Å². The molecule has 0 N–H and O–H groups in total. The molecule has 1 aromatic heterocycles. The molecule has 1 aliphatic rings. The number of hydrogen-bond donors (Lipinski definition) is 0. The van der Waals surface area contributed by atoms with Crippen LogP contribution >= 0.6 is 11.6 Å². The number of aromatic nitrogens is 1. The number of nitrogens with zero attached hydrogens (tertiary/aromatic N) is 1. The van der Waals surface area contributed by atoms with Crippen LogP contribution < -0.4 is 0 Å². The molecular weight excluding hydrogens is 234 g/mol. The molecule has 0 aliphatic heterocycles. The maximum Gasteiger partial charge on any atom is 0.228 e. The third-order valence-corrected chi connectivity index (χ3v) is 3.84. The molecule has 0 amide bonds. The van der Waals surface area contributed by atoms with E-state index in [4.69, 9.17) is 11.6 Å². The van der Waals surface area contributed by atoms with Crippen molar-refractivity contribution in [3.63, 3.8) is 0 Å². The summed E-state index contributed by atoms with van der Waals surface area (Å²) < 4.78 is 1.69. The highest BCUT2D eigenvalue weighted by Gasteiger charge is 2.23. The van der Waals surface area contributed by atoms with Gasteiger partial charge in [-0.1, -0.05) is 24.6 Å². The summed E-state index contributed by atoms with van der Waals surface area (Å²) >= 11 is 6.24. The number of hydrogen-bond acceptors (Lipinski definition) is 1. The zero-order valence-electron chi connectivity index (χ0n) is 9.96. The van der Waals surface area contributed by atoms with Crippen molar-refractivity contribution in [3.8, 4) is 0 Å². The van der Waals surface area contributed by atoms with Crippen molar-refractivity contribution in [1.29, 1.82) is 0 Å². The van der Waals surface area contributed by atoms with Crippen molar-refractivity contribution in [1.82, 2.24) is 4.57 Å². The third-order valence-electron chi connectivity index (χ3n) is 3.54. The molecule has 2 aromatic rings. The normalized spacial score (nSPS) is 18.6. The molecule has 0 bridgehead atoms. The van der Waals surface area contributed by atoms with Crippen molar-refractivity contribution in [2.45, 2.75) is 26.7 Å². The average Bonchev–Trinajstić information content (AvgIpc) is 2.64. The molecule has 1 unspecified atom stereocenters. The predicted octanol–water partition coefficient (Wildman–Crippen LogP) is 3.69. The average molecular weight is 248 g/mol. The van der Waals surface area contributed by atoms with Gasteiger partial charge >= 0.3 is 0 Å². The molecule has 3 heteroatoms. The molecule has 3 rings (SSSR count). The molecule has 0 saturated heterocycles. The van der Waals surface area contributed by atoms with Crippen LogP contribution in [-0.2, 0) is 12.8 Å². The minimum Gasteiger partial charge on any atom is -0.286 e. The van der Waals surface area contributed by atoms with Gasteiger partial charge in [-0.2, -0.15) is 0 Å². The first-order valence-electron chi connectivity index (χ1n) is 5.90. The smallest absolute Gasteiger partial charge is 0.228 e. The first kappa shape index (κ1) is 10.8. The second-order valence-electron chi connectivity index (χ2n) is 4.99. The van der Waals surface area contributed by atoms with Crippen molar-refractivity contribution < 1.29 is 4.79 Å². The van der Waals surface area contributed by atoms with Gasteiger partial charge in [0.25, 0.3) is 0 Å². The van der Waals surface area contributed by atoms with Crippen LogP contribution in [0.1, 0.15) is 29.8 Å². The molecule has 0 fully saturated rings. The second kappa shape index (κ2) is 3.61. The quantitative estimate of drug-likeness (QED) is 0.696. The molecule has 0 spiro atoms. The Bertz CT molecular complexity index is 627. The Morgan fingerprint density at radius 1 is 1.35 bits per heavy atom. The van der Waals surface area contributed by atoms with Gasteiger partial charge in [0.05, 0.1) is 10.5 Å². The molecule has 2 nitrogen and oxygen atoms in total. The van der Waals surface area contributed by atoms with E-state index in [0.717, 1.165) is 18.4 Å². The van der Waals surface area contributed by atoms with Gasteiger partial charge in [0.1, 0.15) is 0 Å². The van der Waals surface area contributed by atoms with E-state index in [0.29, 0.717) is 10.9 Å². The summed E-state index contributed by atoms with van der Waals surface area (Å²) in [5.41, 5.74) is 3.46. The third kappa shape index (κ3) is 1.51. The summed E-state index contributed by atoms with van der Waals surface area (Å²) in [6.45, 7) is 3.82. The lowest BCUT2D eigenvalue weighted by molar-refractivity contribution is 0.0941. The van der Waals surface area contributed by atoms with Crippen LogP contribution in [0.15, 0.2) is 18.3 Å². The highest BCUT2D eigenvalue weighted by molar-refractivity contribution is 6.35.